The Labute approximate surface area is 184 Å². The summed E-state index contributed by atoms with van der Waals surface area (Å²) in [5.41, 5.74) is 1.07. The second-order valence-corrected chi connectivity index (χ2v) is 9.93. The molecule has 31 heavy (non-hydrogen) atoms. The molecule has 0 atom stereocenters. The van der Waals surface area contributed by atoms with E-state index in [0.29, 0.717) is 37.6 Å². The van der Waals surface area contributed by atoms with Gasteiger partial charge in [0, 0.05) is 31.9 Å². The maximum Gasteiger partial charge on any atom is 0.243 e. The summed E-state index contributed by atoms with van der Waals surface area (Å²) in [6, 6.07) is 12.2. The summed E-state index contributed by atoms with van der Waals surface area (Å²) < 4.78 is 32.6. The van der Waals surface area contributed by atoms with E-state index >= 15 is 0 Å². The van der Waals surface area contributed by atoms with Crippen molar-refractivity contribution in [2.75, 3.05) is 32.7 Å². The summed E-state index contributed by atoms with van der Waals surface area (Å²) in [7, 11) is -3.49. The van der Waals surface area contributed by atoms with Crippen molar-refractivity contribution in [2.24, 2.45) is 0 Å². The first-order chi connectivity index (χ1) is 15.0. The standard InChI is InChI=1S/C23H29N3O4S/c27-23(26(18-21-10-7-17-30-21)20-8-3-1-4-9-20)19-24-13-15-25(16-14-24)31(28,29)22-11-5-2-6-12-22/h2,5-8,10-12,17H,1,3-4,9,13-16,18-19H2. The Morgan fingerprint density at radius 2 is 1.77 bits per heavy atom. The summed E-state index contributed by atoms with van der Waals surface area (Å²) >= 11 is 0. The lowest BCUT2D eigenvalue weighted by Crippen LogP contribution is -2.51. The van der Waals surface area contributed by atoms with Gasteiger partial charge >= 0.3 is 0 Å². The molecule has 2 heterocycles. The second-order valence-electron chi connectivity index (χ2n) is 7.99. The Balaban J connectivity index is 1.38. The maximum atomic E-state index is 13.2. The van der Waals surface area contributed by atoms with Gasteiger partial charge in [0.25, 0.3) is 0 Å². The highest BCUT2D eigenvalue weighted by Crippen LogP contribution is 2.24. The van der Waals surface area contributed by atoms with E-state index in [1.807, 2.05) is 21.9 Å². The molecule has 1 fully saturated rings. The summed E-state index contributed by atoms with van der Waals surface area (Å²) in [6.45, 7) is 2.53. The number of rotatable bonds is 7. The molecule has 8 heteroatoms. The molecule has 4 rings (SSSR count). The number of carbonyl (C=O) groups is 1. The van der Waals surface area contributed by atoms with Crippen molar-refractivity contribution in [1.29, 1.82) is 0 Å². The molecule has 0 spiro atoms. The first-order valence-electron chi connectivity index (χ1n) is 10.8. The molecule has 1 amide bonds. The van der Waals surface area contributed by atoms with Crippen LogP contribution in [0.15, 0.2) is 69.8 Å². The zero-order chi connectivity index (χ0) is 21.7. The van der Waals surface area contributed by atoms with E-state index in [4.69, 9.17) is 4.42 Å². The van der Waals surface area contributed by atoms with Gasteiger partial charge in [-0.25, -0.2) is 8.42 Å². The number of carbonyl (C=O) groups excluding carboxylic acids is 1. The highest BCUT2D eigenvalue weighted by atomic mass is 32.2. The van der Waals surface area contributed by atoms with Crippen LogP contribution in [0, 0.1) is 0 Å². The summed E-state index contributed by atoms with van der Waals surface area (Å²) in [5, 5.41) is 0. The summed E-state index contributed by atoms with van der Waals surface area (Å²) in [5.74, 6) is 0.794. The van der Waals surface area contributed by atoms with Crippen LogP contribution in [0.3, 0.4) is 0 Å². The summed E-state index contributed by atoms with van der Waals surface area (Å²) in [4.78, 5) is 17.4. The number of sulfonamides is 1. The molecule has 0 bridgehead atoms. The lowest BCUT2D eigenvalue weighted by molar-refractivity contribution is -0.131. The van der Waals surface area contributed by atoms with Gasteiger partial charge in [-0.15, -0.1) is 0 Å². The third-order valence-electron chi connectivity index (χ3n) is 5.88. The van der Waals surface area contributed by atoms with Crippen molar-refractivity contribution in [2.45, 2.75) is 37.1 Å². The fourth-order valence-corrected chi connectivity index (χ4v) is 5.56. The molecule has 1 aliphatic carbocycles. The normalized spacial score (nSPS) is 18.5. The van der Waals surface area contributed by atoms with Crippen LogP contribution in [0.2, 0.25) is 0 Å². The van der Waals surface area contributed by atoms with Gasteiger partial charge in [-0.1, -0.05) is 24.3 Å². The topological polar surface area (TPSA) is 74.1 Å². The first-order valence-corrected chi connectivity index (χ1v) is 12.3. The van der Waals surface area contributed by atoms with E-state index in [1.165, 1.54) is 4.31 Å². The molecule has 2 aliphatic rings. The molecule has 166 valence electrons. The minimum absolute atomic E-state index is 0.0314. The van der Waals surface area contributed by atoms with Crippen LogP contribution >= 0.6 is 0 Å². The highest BCUT2D eigenvalue weighted by Gasteiger charge is 2.30. The van der Waals surface area contributed by atoms with Crippen LogP contribution in [0.5, 0.6) is 0 Å². The minimum atomic E-state index is -3.49. The van der Waals surface area contributed by atoms with Crippen LogP contribution in [0.1, 0.15) is 31.4 Å². The highest BCUT2D eigenvalue weighted by molar-refractivity contribution is 7.89. The van der Waals surface area contributed by atoms with E-state index < -0.39 is 10.0 Å². The molecule has 2 aromatic rings. The zero-order valence-electron chi connectivity index (χ0n) is 17.7. The molecule has 0 N–H and O–H groups in total. The Morgan fingerprint density at radius 3 is 2.42 bits per heavy atom. The van der Waals surface area contributed by atoms with Gasteiger partial charge in [0.2, 0.25) is 15.9 Å². The molecule has 1 saturated heterocycles. The predicted molar refractivity (Wildman–Crippen MR) is 117 cm³/mol. The monoisotopic (exact) mass is 443 g/mol. The predicted octanol–water partition coefficient (Wildman–Crippen LogP) is 3.07. The van der Waals surface area contributed by atoms with Gasteiger partial charge in [-0.3, -0.25) is 9.69 Å². The van der Waals surface area contributed by atoms with Crippen molar-refractivity contribution in [3.05, 3.63) is 66.3 Å². The Kier molecular flexibility index (Phi) is 6.89. The maximum absolute atomic E-state index is 13.2. The van der Waals surface area contributed by atoms with Crippen molar-refractivity contribution in [1.82, 2.24) is 14.1 Å². The molecule has 7 nitrogen and oxygen atoms in total. The number of benzene rings is 1. The van der Waals surface area contributed by atoms with E-state index in [9.17, 15) is 13.2 Å². The van der Waals surface area contributed by atoms with Gasteiger partial charge in [0.05, 0.1) is 24.2 Å². The van der Waals surface area contributed by atoms with Crippen LogP contribution in [-0.2, 0) is 21.4 Å². The first kappa shape index (κ1) is 21.8. The van der Waals surface area contributed by atoms with Crippen LogP contribution in [-0.4, -0.2) is 61.2 Å². The Hall–Kier alpha value is -2.42. The largest absolute Gasteiger partial charge is 0.467 e. The number of nitrogens with zero attached hydrogens (tertiary/aromatic N) is 3. The molecule has 0 unspecified atom stereocenters. The fraction of sp³-hybridized carbons (Fsp3) is 0.435. The number of hydrogen-bond donors (Lipinski definition) is 0. The van der Waals surface area contributed by atoms with Crippen molar-refractivity contribution in [3.63, 3.8) is 0 Å². The minimum Gasteiger partial charge on any atom is -0.467 e. The number of amides is 1. The van der Waals surface area contributed by atoms with E-state index in [0.717, 1.165) is 37.1 Å². The van der Waals surface area contributed by atoms with Gasteiger partial charge < -0.3 is 9.32 Å². The van der Waals surface area contributed by atoms with Gasteiger partial charge in [-0.05, 0) is 49.9 Å². The number of hydrogen-bond acceptors (Lipinski definition) is 5. The molecular weight excluding hydrogens is 414 g/mol. The Bertz CT molecular complexity index is 995. The lowest BCUT2D eigenvalue weighted by Gasteiger charge is -2.35. The summed E-state index contributed by atoms with van der Waals surface area (Å²) in [6.07, 6.45) is 7.92. The Morgan fingerprint density at radius 1 is 1.00 bits per heavy atom. The molecular formula is C23H29N3O4S. The van der Waals surface area contributed by atoms with Crippen LogP contribution < -0.4 is 0 Å². The van der Waals surface area contributed by atoms with Crippen LogP contribution in [0.4, 0.5) is 0 Å². The third kappa shape index (κ3) is 5.26. The van der Waals surface area contributed by atoms with Gasteiger partial charge in [-0.2, -0.15) is 4.31 Å². The van der Waals surface area contributed by atoms with Gasteiger partial charge in [0.1, 0.15) is 5.76 Å². The number of allylic oxidation sites excluding steroid dienone is 2. The molecule has 1 aliphatic heterocycles. The van der Waals surface area contributed by atoms with Crippen molar-refractivity contribution >= 4 is 15.9 Å². The molecule has 0 radical (unpaired) electrons. The van der Waals surface area contributed by atoms with Crippen molar-refractivity contribution in [3.8, 4) is 0 Å². The van der Waals surface area contributed by atoms with E-state index in [-0.39, 0.29) is 12.5 Å². The van der Waals surface area contributed by atoms with Gasteiger partial charge in [0.15, 0.2) is 0 Å². The molecule has 1 aromatic carbocycles. The molecule has 0 saturated carbocycles. The molecule has 1 aromatic heterocycles. The fourth-order valence-electron chi connectivity index (χ4n) is 4.12. The van der Waals surface area contributed by atoms with E-state index in [2.05, 4.69) is 6.08 Å². The average molecular weight is 444 g/mol. The lowest BCUT2D eigenvalue weighted by atomic mass is 10.0. The van der Waals surface area contributed by atoms with Crippen molar-refractivity contribution < 1.29 is 17.6 Å². The smallest absolute Gasteiger partial charge is 0.243 e. The van der Waals surface area contributed by atoms with E-state index in [1.54, 1.807) is 36.6 Å². The number of piperazine rings is 1. The SMILES string of the molecule is O=C(CN1CCN(S(=O)(=O)c2ccccc2)CC1)N(Cc1ccco1)C1=CCCCC1. The average Bonchev–Trinajstić information content (AvgIpc) is 3.32. The zero-order valence-corrected chi connectivity index (χ0v) is 18.5. The number of furan rings is 1. The quantitative estimate of drug-likeness (QED) is 0.658. The third-order valence-corrected chi connectivity index (χ3v) is 7.79. The second kappa shape index (κ2) is 9.80. The van der Waals surface area contributed by atoms with Crippen LogP contribution in [0.25, 0.3) is 0 Å².